The van der Waals surface area contributed by atoms with Gasteiger partial charge in [-0.1, -0.05) is 24.2 Å². The first-order chi connectivity index (χ1) is 7.99. The third-order valence-corrected chi connectivity index (χ3v) is 5.78. The van der Waals surface area contributed by atoms with Crippen molar-refractivity contribution in [2.24, 2.45) is 5.92 Å². The average molecular weight is 276 g/mol. The Morgan fingerprint density at radius 3 is 2.59 bits per heavy atom. The molecular formula is C9H16N4O2S2. The van der Waals surface area contributed by atoms with Gasteiger partial charge in [-0.25, -0.2) is 13.1 Å². The Balaban J connectivity index is 2.06. The second kappa shape index (κ2) is 4.87. The Morgan fingerprint density at radius 1 is 1.41 bits per heavy atom. The van der Waals surface area contributed by atoms with Gasteiger partial charge in [0.2, 0.25) is 9.47 Å². The summed E-state index contributed by atoms with van der Waals surface area (Å²) in [6.07, 6.45) is 4.54. The minimum atomic E-state index is -3.56. The molecule has 1 aliphatic carbocycles. The zero-order valence-electron chi connectivity index (χ0n) is 9.59. The number of aromatic nitrogens is 2. The van der Waals surface area contributed by atoms with E-state index in [1.807, 2.05) is 6.92 Å². The van der Waals surface area contributed by atoms with Crippen molar-refractivity contribution in [3.8, 4) is 0 Å². The van der Waals surface area contributed by atoms with Gasteiger partial charge in [0.15, 0.2) is 0 Å². The quantitative estimate of drug-likeness (QED) is 0.854. The van der Waals surface area contributed by atoms with E-state index < -0.39 is 10.0 Å². The molecule has 1 aromatic rings. The molecule has 3 N–H and O–H groups in total. The molecule has 1 fully saturated rings. The molecule has 8 heteroatoms. The molecule has 1 heterocycles. The molecule has 1 unspecified atom stereocenters. The summed E-state index contributed by atoms with van der Waals surface area (Å²) in [6, 6.07) is -0.0624. The number of nitrogens with zero attached hydrogens (tertiary/aromatic N) is 2. The lowest BCUT2D eigenvalue weighted by molar-refractivity contribution is 0.423. The Kier molecular flexibility index (Phi) is 3.64. The number of rotatable bonds is 4. The minimum absolute atomic E-state index is 0.0557. The van der Waals surface area contributed by atoms with Crippen molar-refractivity contribution >= 4 is 26.5 Å². The Hall–Kier alpha value is -0.730. The third-order valence-electron chi connectivity index (χ3n) is 3.10. The van der Waals surface area contributed by atoms with Crippen molar-refractivity contribution in [2.75, 3.05) is 5.73 Å². The number of hydrogen-bond donors (Lipinski definition) is 2. The summed E-state index contributed by atoms with van der Waals surface area (Å²) in [4.78, 5) is 0. The zero-order chi connectivity index (χ0) is 12.5. The summed E-state index contributed by atoms with van der Waals surface area (Å²) in [6.45, 7) is 1.90. The lowest BCUT2D eigenvalue weighted by Gasteiger charge is -2.19. The standard InChI is InChI=1S/C9H16N4O2S2/c1-6(7-4-2-3-5-7)13-17(14,15)9-12-11-8(10)16-9/h6-7,13H,2-5H2,1H3,(H2,10,11). The van der Waals surface area contributed by atoms with Crippen molar-refractivity contribution in [3.05, 3.63) is 0 Å². The highest BCUT2D eigenvalue weighted by atomic mass is 32.2. The molecule has 96 valence electrons. The predicted octanol–water partition coefficient (Wildman–Crippen LogP) is 0.977. The van der Waals surface area contributed by atoms with Gasteiger partial charge in [-0.05, 0) is 25.7 Å². The number of nitrogen functional groups attached to an aromatic ring is 1. The van der Waals surface area contributed by atoms with E-state index in [0.29, 0.717) is 5.92 Å². The summed E-state index contributed by atoms with van der Waals surface area (Å²) in [5.74, 6) is 0.426. The van der Waals surface area contributed by atoms with Gasteiger partial charge in [-0.3, -0.25) is 0 Å². The van der Waals surface area contributed by atoms with Crippen LogP contribution < -0.4 is 10.5 Å². The summed E-state index contributed by atoms with van der Waals surface area (Å²) < 4.78 is 26.5. The van der Waals surface area contributed by atoms with Crippen LogP contribution in [-0.4, -0.2) is 24.7 Å². The van der Waals surface area contributed by atoms with E-state index >= 15 is 0 Å². The molecule has 2 rings (SSSR count). The van der Waals surface area contributed by atoms with Crippen LogP contribution >= 0.6 is 11.3 Å². The molecule has 1 aliphatic rings. The van der Waals surface area contributed by atoms with E-state index in [1.54, 1.807) is 0 Å². The maximum Gasteiger partial charge on any atom is 0.270 e. The predicted molar refractivity (Wildman–Crippen MR) is 66.1 cm³/mol. The highest BCUT2D eigenvalue weighted by Crippen LogP contribution is 2.28. The van der Waals surface area contributed by atoms with Crippen LogP contribution in [-0.2, 0) is 10.0 Å². The first-order valence-corrected chi connectivity index (χ1v) is 7.90. The summed E-state index contributed by atoms with van der Waals surface area (Å²) in [7, 11) is -3.56. The van der Waals surface area contributed by atoms with Crippen LogP contribution in [0.2, 0.25) is 0 Å². The zero-order valence-corrected chi connectivity index (χ0v) is 11.2. The molecule has 0 aromatic carbocycles. The molecule has 0 radical (unpaired) electrons. The molecule has 6 nitrogen and oxygen atoms in total. The van der Waals surface area contributed by atoms with Gasteiger partial charge in [-0.2, -0.15) is 0 Å². The first-order valence-electron chi connectivity index (χ1n) is 5.60. The molecule has 0 bridgehead atoms. The van der Waals surface area contributed by atoms with Crippen LogP contribution in [0.25, 0.3) is 0 Å². The third kappa shape index (κ3) is 2.93. The monoisotopic (exact) mass is 276 g/mol. The average Bonchev–Trinajstić information content (AvgIpc) is 2.86. The molecule has 0 aliphatic heterocycles. The van der Waals surface area contributed by atoms with Crippen LogP contribution in [0, 0.1) is 5.92 Å². The second-order valence-electron chi connectivity index (χ2n) is 4.36. The summed E-state index contributed by atoms with van der Waals surface area (Å²) in [5.41, 5.74) is 5.38. The van der Waals surface area contributed by atoms with E-state index in [0.717, 1.165) is 24.2 Å². The normalized spacial score (nSPS) is 19.6. The van der Waals surface area contributed by atoms with E-state index in [1.165, 1.54) is 12.8 Å². The highest BCUT2D eigenvalue weighted by molar-refractivity contribution is 7.91. The van der Waals surface area contributed by atoms with E-state index in [4.69, 9.17) is 5.73 Å². The largest absolute Gasteiger partial charge is 0.374 e. The van der Waals surface area contributed by atoms with E-state index in [-0.39, 0.29) is 15.5 Å². The summed E-state index contributed by atoms with van der Waals surface area (Å²) >= 11 is 0.884. The van der Waals surface area contributed by atoms with Crippen LogP contribution in [0.1, 0.15) is 32.6 Å². The fraction of sp³-hybridized carbons (Fsp3) is 0.778. The van der Waals surface area contributed by atoms with Gasteiger partial charge >= 0.3 is 0 Å². The van der Waals surface area contributed by atoms with Gasteiger partial charge < -0.3 is 5.73 Å². The Bertz CT molecular complexity index is 479. The van der Waals surface area contributed by atoms with Gasteiger partial charge in [0.05, 0.1) is 0 Å². The fourth-order valence-corrected chi connectivity index (χ4v) is 4.29. The van der Waals surface area contributed by atoms with Crippen LogP contribution in [0.3, 0.4) is 0 Å². The topological polar surface area (TPSA) is 98.0 Å². The maximum absolute atomic E-state index is 12.0. The highest BCUT2D eigenvalue weighted by Gasteiger charge is 2.28. The molecule has 1 aromatic heterocycles. The number of sulfonamides is 1. The van der Waals surface area contributed by atoms with E-state index in [2.05, 4.69) is 14.9 Å². The van der Waals surface area contributed by atoms with Gasteiger partial charge in [0.1, 0.15) is 0 Å². The van der Waals surface area contributed by atoms with Crippen molar-refractivity contribution in [1.29, 1.82) is 0 Å². The number of hydrogen-bond acceptors (Lipinski definition) is 6. The van der Waals surface area contributed by atoms with Crippen molar-refractivity contribution < 1.29 is 8.42 Å². The fourth-order valence-electron chi connectivity index (χ4n) is 2.18. The minimum Gasteiger partial charge on any atom is -0.374 e. The number of nitrogens with two attached hydrogens (primary N) is 1. The van der Waals surface area contributed by atoms with Crippen LogP contribution in [0.4, 0.5) is 5.13 Å². The molecule has 0 amide bonds. The van der Waals surface area contributed by atoms with Crippen LogP contribution in [0.15, 0.2) is 4.34 Å². The maximum atomic E-state index is 12.0. The van der Waals surface area contributed by atoms with Crippen molar-refractivity contribution in [3.63, 3.8) is 0 Å². The molecule has 1 saturated carbocycles. The molecular weight excluding hydrogens is 260 g/mol. The number of nitrogens with one attached hydrogen (secondary N) is 1. The lowest BCUT2D eigenvalue weighted by Crippen LogP contribution is -2.37. The van der Waals surface area contributed by atoms with Gasteiger partial charge in [0, 0.05) is 6.04 Å². The first kappa shape index (κ1) is 12.7. The number of anilines is 1. The SMILES string of the molecule is CC(NS(=O)(=O)c1nnc(N)s1)C1CCCC1. The second-order valence-corrected chi connectivity index (χ2v) is 7.26. The lowest BCUT2D eigenvalue weighted by atomic mass is 10.0. The van der Waals surface area contributed by atoms with Crippen molar-refractivity contribution in [2.45, 2.75) is 43.0 Å². The Morgan fingerprint density at radius 2 is 2.06 bits per heavy atom. The smallest absolute Gasteiger partial charge is 0.270 e. The summed E-state index contributed by atoms with van der Waals surface area (Å²) in [5, 5.41) is 7.24. The van der Waals surface area contributed by atoms with Crippen LogP contribution in [0.5, 0.6) is 0 Å². The van der Waals surface area contributed by atoms with E-state index in [9.17, 15) is 8.42 Å². The molecule has 17 heavy (non-hydrogen) atoms. The van der Waals surface area contributed by atoms with Crippen molar-refractivity contribution in [1.82, 2.24) is 14.9 Å². The van der Waals surface area contributed by atoms with Gasteiger partial charge in [0.25, 0.3) is 10.0 Å². The molecule has 1 atom stereocenters. The molecule has 0 spiro atoms. The molecule has 0 saturated heterocycles. The Labute approximate surface area is 105 Å². The van der Waals surface area contributed by atoms with Gasteiger partial charge in [-0.15, -0.1) is 10.2 Å².